The van der Waals surface area contributed by atoms with Crippen molar-refractivity contribution in [3.63, 3.8) is 0 Å². The molecule has 10 heteroatoms. The number of ether oxygens (including phenoxy) is 2. The molecule has 1 amide bonds. The predicted octanol–water partition coefficient (Wildman–Crippen LogP) is 3.39. The molecule has 0 bridgehead atoms. The Morgan fingerprint density at radius 1 is 0.889 bits per heavy atom. The summed E-state index contributed by atoms with van der Waals surface area (Å²) in [5.41, 5.74) is 1.16. The zero-order chi connectivity index (χ0) is 25.7. The van der Waals surface area contributed by atoms with Crippen molar-refractivity contribution >= 4 is 27.3 Å². The van der Waals surface area contributed by atoms with Gasteiger partial charge in [-0.3, -0.25) is 9.10 Å². The lowest BCUT2D eigenvalue weighted by atomic mass is 10.2. The fraction of sp³-hybridized carbons (Fsp3) is 0.269. The van der Waals surface area contributed by atoms with Gasteiger partial charge in [0.2, 0.25) is 5.91 Å². The van der Waals surface area contributed by atoms with Gasteiger partial charge in [-0.1, -0.05) is 18.2 Å². The van der Waals surface area contributed by atoms with Gasteiger partial charge in [-0.2, -0.15) is 0 Å². The van der Waals surface area contributed by atoms with Crippen LogP contribution in [0.25, 0.3) is 0 Å². The van der Waals surface area contributed by atoms with Gasteiger partial charge < -0.3 is 19.3 Å². The molecule has 0 N–H and O–H groups in total. The molecule has 0 saturated carbocycles. The van der Waals surface area contributed by atoms with E-state index in [1.54, 1.807) is 53.4 Å². The number of nitrogens with zero attached hydrogens (tertiary/aromatic N) is 3. The van der Waals surface area contributed by atoms with Gasteiger partial charge in [-0.25, -0.2) is 12.8 Å². The van der Waals surface area contributed by atoms with Crippen molar-refractivity contribution in [1.29, 1.82) is 0 Å². The van der Waals surface area contributed by atoms with E-state index in [1.165, 1.54) is 38.5 Å². The maximum atomic E-state index is 13.6. The van der Waals surface area contributed by atoms with E-state index in [0.717, 1.165) is 9.99 Å². The van der Waals surface area contributed by atoms with Gasteiger partial charge in [-0.15, -0.1) is 0 Å². The molecule has 1 heterocycles. The topological polar surface area (TPSA) is 79.4 Å². The van der Waals surface area contributed by atoms with E-state index in [2.05, 4.69) is 4.90 Å². The van der Waals surface area contributed by atoms with E-state index < -0.39 is 10.0 Å². The third-order valence-electron chi connectivity index (χ3n) is 6.09. The monoisotopic (exact) mass is 513 g/mol. The van der Waals surface area contributed by atoms with Crippen LogP contribution in [0.15, 0.2) is 77.7 Å². The molecule has 3 aromatic carbocycles. The second-order valence-electron chi connectivity index (χ2n) is 8.21. The van der Waals surface area contributed by atoms with Crippen molar-refractivity contribution < 1.29 is 27.1 Å². The SMILES string of the molecule is COc1ccc(N(CC(=O)N2CCN(c3ccc(F)cc3)CC2)S(=O)(=O)c2ccccc2)cc1OC. The summed E-state index contributed by atoms with van der Waals surface area (Å²) in [6, 6.07) is 18.9. The lowest BCUT2D eigenvalue weighted by Gasteiger charge is -2.37. The van der Waals surface area contributed by atoms with Crippen LogP contribution in [-0.2, 0) is 14.8 Å². The first-order chi connectivity index (χ1) is 17.3. The second-order valence-corrected chi connectivity index (χ2v) is 10.1. The van der Waals surface area contributed by atoms with Crippen LogP contribution in [0, 0.1) is 5.82 Å². The Hall–Kier alpha value is -3.79. The van der Waals surface area contributed by atoms with Crippen molar-refractivity contribution in [3.8, 4) is 11.5 Å². The molecule has 0 spiro atoms. The molecule has 0 aromatic heterocycles. The van der Waals surface area contributed by atoms with Gasteiger partial charge in [0, 0.05) is 37.9 Å². The number of hydrogen-bond acceptors (Lipinski definition) is 6. The summed E-state index contributed by atoms with van der Waals surface area (Å²) in [5.74, 6) is 0.177. The van der Waals surface area contributed by atoms with Crippen LogP contribution in [0.2, 0.25) is 0 Å². The Labute approximate surface area is 210 Å². The van der Waals surface area contributed by atoms with E-state index in [0.29, 0.717) is 37.7 Å². The van der Waals surface area contributed by atoms with E-state index >= 15 is 0 Å². The van der Waals surface area contributed by atoms with Crippen molar-refractivity contribution in [3.05, 3.63) is 78.6 Å². The highest BCUT2D eigenvalue weighted by atomic mass is 32.2. The number of carbonyl (C=O) groups excluding carboxylic acids is 1. The number of anilines is 2. The van der Waals surface area contributed by atoms with Crippen molar-refractivity contribution in [2.24, 2.45) is 0 Å². The number of sulfonamides is 1. The first-order valence-electron chi connectivity index (χ1n) is 11.4. The molecule has 0 aliphatic carbocycles. The van der Waals surface area contributed by atoms with E-state index in [-0.39, 0.29) is 28.9 Å². The zero-order valence-corrected chi connectivity index (χ0v) is 20.9. The van der Waals surface area contributed by atoms with Crippen LogP contribution in [0.5, 0.6) is 11.5 Å². The Kier molecular flexibility index (Phi) is 7.64. The molecule has 8 nitrogen and oxygen atoms in total. The lowest BCUT2D eigenvalue weighted by Crippen LogP contribution is -2.52. The maximum absolute atomic E-state index is 13.6. The average Bonchev–Trinajstić information content (AvgIpc) is 2.92. The minimum atomic E-state index is -4.05. The van der Waals surface area contributed by atoms with Crippen molar-refractivity contribution in [2.45, 2.75) is 4.90 Å². The maximum Gasteiger partial charge on any atom is 0.264 e. The van der Waals surface area contributed by atoms with E-state index in [1.807, 2.05) is 0 Å². The first kappa shape index (κ1) is 25.3. The van der Waals surface area contributed by atoms with Gasteiger partial charge in [-0.05, 0) is 48.5 Å². The minimum absolute atomic E-state index is 0.0775. The van der Waals surface area contributed by atoms with E-state index in [4.69, 9.17) is 9.47 Å². The van der Waals surface area contributed by atoms with Crippen LogP contribution in [0.3, 0.4) is 0 Å². The standard InChI is InChI=1S/C26H28FN3O5S/c1-34-24-13-12-22(18-25(24)35-2)30(36(32,33)23-6-4-3-5-7-23)19-26(31)29-16-14-28(15-17-29)21-10-8-20(27)9-11-21/h3-13,18H,14-17,19H2,1-2H3. The number of rotatable bonds is 8. The molecule has 0 atom stereocenters. The molecule has 1 fully saturated rings. The van der Waals surface area contributed by atoms with Crippen LogP contribution >= 0.6 is 0 Å². The average molecular weight is 514 g/mol. The smallest absolute Gasteiger partial charge is 0.264 e. The van der Waals surface area contributed by atoms with Crippen LogP contribution < -0.4 is 18.7 Å². The summed E-state index contributed by atoms with van der Waals surface area (Å²) in [5, 5.41) is 0. The van der Waals surface area contributed by atoms with Gasteiger partial charge in [0.15, 0.2) is 11.5 Å². The summed E-state index contributed by atoms with van der Waals surface area (Å²) < 4.78 is 52.2. The molecule has 36 heavy (non-hydrogen) atoms. The molecule has 3 aromatic rings. The Balaban J connectivity index is 1.57. The van der Waals surface area contributed by atoms with Gasteiger partial charge in [0.05, 0.1) is 24.8 Å². The number of amides is 1. The highest BCUT2D eigenvalue weighted by Gasteiger charge is 2.31. The number of hydrogen-bond donors (Lipinski definition) is 0. The minimum Gasteiger partial charge on any atom is -0.493 e. The summed E-state index contributed by atoms with van der Waals surface area (Å²) in [7, 11) is -1.09. The number of methoxy groups -OCH3 is 2. The molecule has 1 aliphatic rings. The number of piperazine rings is 1. The second kappa shape index (κ2) is 10.9. The summed E-state index contributed by atoms with van der Waals surface area (Å²) in [4.78, 5) is 17.1. The number of benzene rings is 3. The molecule has 4 rings (SSSR count). The fourth-order valence-electron chi connectivity index (χ4n) is 4.10. The van der Waals surface area contributed by atoms with Gasteiger partial charge >= 0.3 is 0 Å². The van der Waals surface area contributed by atoms with Crippen molar-refractivity contribution in [1.82, 2.24) is 4.90 Å². The summed E-state index contributed by atoms with van der Waals surface area (Å²) >= 11 is 0. The van der Waals surface area contributed by atoms with Crippen LogP contribution in [0.1, 0.15) is 0 Å². The number of halogens is 1. The first-order valence-corrected chi connectivity index (χ1v) is 12.9. The quantitative estimate of drug-likeness (QED) is 0.460. The molecule has 190 valence electrons. The Bertz CT molecular complexity index is 1290. The zero-order valence-electron chi connectivity index (χ0n) is 20.1. The molecular weight excluding hydrogens is 485 g/mol. The highest BCUT2D eigenvalue weighted by molar-refractivity contribution is 7.92. The van der Waals surface area contributed by atoms with Crippen LogP contribution in [-0.4, -0.2) is 66.2 Å². The van der Waals surface area contributed by atoms with Gasteiger partial charge in [0.1, 0.15) is 12.4 Å². The molecular formula is C26H28FN3O5S. The third-order valence-corrected chi connectivity index (χ3v) is 7.88. The number of carbonyl (C=O) groups is 1. The van der Waals surface area contributed by atoms with Crippen LogP contribution in [0.4, 0.5) is 15.8 Å². The third kappa shape index (κ3) is 5.38. The highest BCUT2D eigenvalue weighted by Crippen LogP contribution is 2.34. The molecule has 1 aliphatic heterocycles. The largest absolute Gasteiger partial charge is 0.493 e. The normalized spacial score (nSPS) is 13.9. The molecule has 1 saturated heterocycles. The fourth-order valence-corrected chi connectivity index (χ4v) is 5.53. The predicted molar refractivity (Wildman–Crippen MR) is 136 cm³/mol. The summed E-state index contributed by atoms with van der Waals surface area (Å²) in [6.07, 6.45) is 0. The Morgan fingerprint density at radius 2 is 1.53 bits per heavy atom. The van der Waals surface area contributed by atoms with Gasteiger partial charge in [0.25, 0.3) is 10.0 Å². The van der Waals surface area contributed by atoms with Crippen molar-refractivity contribution in [2.75, 3.05) is 56.1 Å². The van der Waals surface area contributed by atoms with E-state index in [9.17, 15) is 17.6 Å². The lowest BCUT2D eigenvalue weighted by molar-refractivity contribution is -0.129. The Morgan fingerprint density at radius 3 is 2.14 bits per heavy atom. The molecule has 0 radical (unpaired) electrons. The molecule has 0 unspecified atom stereocenters. The summed E-state index contributed by atoms with van der Waals surface area (Å²) in [6.45, 7) is 1.57.